The number of benzene rings is 3. The molecule has 0 unspecified atom stereocenters. The van der Waals surface area contributed by atoms with Gasteiger partial charge in [-0.15, -0.1) is 0 Å². The van der Waals surface area contributed by atoms with Crippen molar-refractivity contribution >= 4 is 17.2 Å². The lowest BCUT2D eigenvalue weighted by Gasteiger charge is -2.20. The molecule has 162 valence electrons. The molecule has 0 aliphatic carbocycles. The molecule has 1 N–H and O–H groups in total. The highest BCUT2D eigenvalue weighted by atomic mass is 16.5. The lowest BCUT2D eigenvalue weighted by atomic mass is 9.97. The first kappa shape index (κ1) is 22.6. The van der Waals surface area contributed by atoms with E-state index in [2.05, 4.69) is 95.4 Å². The van der Waals surface area contributed by atoms with Crippen molar-refractivity contribution in [3.05, 3.63) is 88.5 Å². The normalized spacial score (nSPS) is 11.8. The number of aliphatic imine (C=N–C) groups is 1. The second-order valence-electron chi connectivity index (χ2n) is 8.68. The summed E-state index contributed by atoms with van der Waals surface area (Å²) in [7, 11) is 1.69. The van der Waals surface area contributed by atoms with Gasteiger partial charge in [-0.25, -0.2) is 4.99 Å². The fraction of sp³-hybridized carbons (Fsp3) is 0.321. The zero-order valence-corrected chi connectivity index (χ0v) is 19.8. The monoisotopic (exact) mass is 414 g/mol. The van der Waals surface area contributed by atoms with Gasteiger partial charge in [0, 0.05) is 11.3 Å². The Kier molecular flexibility index (Phi) is 7.17. The Morgan fingerprint density at radius 2 is 1.35 bits per heavy atom. The van der Waals surface area contributed by atoms with Crippen molar-refractivity contribution in [1.29, 1.82) is 0 Å². The van der Waals surface area contributed by atoms with Crippen LogP contribution >= 0.6 is 0 Å². The minimum absolute atomic E-state index is 0.389. The number of para-hydroxylation sites is 2. The van der Waals surface area contributed by atoms with E-state index in [1.807, 2.05) is 12.1 Å². The summed E-state index contributed by atoms with van der Waals surface area (Å²) in [6.45, 7) is 13.2. The quantitative estimate of drug-likeness (QED) is 0.330. The summed E-state index contributed by atoms with van der Waals surface area (Å²) in [5, 5.41) is 3.70. The molecule has 0 aliphatic heterocycles. The van der Waals surface area contributed by atoms with E-state index in [1.165, 1.54) is 22.3 Å². The molecule has 0 atom stereocenters. The van der Waals surface area contributed by atoms with Gasteiger partial charge in [-0.2, -0.15) is 0 Å². The number of ether oxygens (including phenoxy) is 1. The van der Waals surface area contributed by atoms with Crippen molar-refractivity contribution in [3.8, 4) is 5.75 Å². The molecule has 31 heavy (non-hydrogen) atoms. The van der Waals surface area contributed by atoms with Crippen LogP contribution in [0.5, 0.6) is 5.75 Å². The van der Waals surface area contributed by atoms with Gasteiger partial charge >= 0.3 is 0 Å². The summed E-state index contributed by atoms with van der Waals surface area (Å²) in [5.41, 5.74) is 8.12. The van der Waals surface area contributed by atoms with Crippen LogP contribution in [0.1, 0.15) is 67.3 Å². The molecule has 0 saturated carbocycles. The molecule has 0 heterocycles. The van der Waals surface area contributed by atoms with Crippen LogP contribution in [0.3, 0.4) is 0 Å². The molecule has 3 aromatic carbocycles. The standard InChI is InChI=1S/C28H34N2O/c1-18(2)24-12-8-10-20(5)26(24)29-28(22-14-16-23(31-7)17-15-22)30-27-21(6)11-9-13-25(27)19(3)4/h8-19H,1-7H3,(H,29,30). The van der Waals surface area contributed by atoms with Crippen molar-refractivity contribution in [2.24, 2.45) is 4.99 Å². The number of amidine groups is 1. The molecular formula is C28H34N2O. The molecule has 3 aromatic rings. The lowest BCUT2D eigenvalue weighted by Crippen LogP contribution is -2.16. The van der Waals surface area contributed by atoms with Gasteiger partial charge in [0.2, 0.25) is 0 Å². The average Bonchev–Trinajstić information content (AvgIpc) is 2.75. The number of methoxy groups -OCH3 is 1. The fourth-order valence-corrected chi connectivity index (χ4v) is 3.79. The Hall–Kier alpha value is -3.07. The van der Waals surface area contributed by atoms with E-state index < -0.39 is 0 Å². The van der Waals surface area contributed by atoms with E-state index >= 15 is 0 Å². The van der Waals surface area contributed by atoms with E-state index in [1.54, 1.807) is 7.11 Å². The third kappa shape index (κ3) is 5.16. The first-order valence-electron chi connectivity index (χ1n) is 11.0. The Bertz CT molecular complexity index is 1060. The van der Waals surface area contributed by atoms with E-state index in [9.17, 15) is 0 Å². The van der Waals surface area contributed by atoms with E-state index in [-0.39, 0.29) is 0 Å². The third-order valence-corrected chi connectivity index (χ3v) is 5.65. The van der Waals surface area contributed by atoms with Crippen molar-refractivity contribution in [2.45, 2.75) is 53.4 Å². The Morgan fingerprint density at radius 3 is 1.94 bits per heavy atom. The third-order valence-electron chi connectivity index (χ3n) is 5.65. The van der Waals surface area contributed by atoms with Gasteiger partial charge in [0.15, 0.2) is 0 Å². The number of hydrogen-bond acceptors (Lipinski definition) is 2. The van der Waals surface area contributed by atoms with Crippen molar-refractivity contribution in [2.75, 3.05) is 12.4 Å². The van der Waals surface area contributed by atoms with E-state index in [0.29, 0.717) is 11.8 Å². The maximum absolute atomic E-state index is 5.36. The van der Waals surface area contributed by atoms with Crippen LogP contribution in [0, 0.1) is 13.8 Å². The van der Waals surface area contributed by atoms with Gasteiger partial charge in [0.05, 0.1) is 12.8 Å². The number of rotatable bonds is 6. The zero-order valence-electron chi connectivity index (χ0n) is 19.8. The fourth-order valence-electron chi connectivity index (χ4n) is 3.79. The first-order valence-corrected chi connectivity index (χ1v) is 11.0. The molecule has 0 fully saturated rings. The summed E-state index contributed by atoms with van der Waals surface area (Å²) in [4.78, 5) is 5.21. The average molecular weight is 415 g/mol. The van der Waals surface area contributed by atoms with Crippen LogP contribution in [0.25, 0.3) is 0 Å². The highest BCUT2D eigenvalue weighted by Gasteiger charge is 2.15. The van der Waals surface area contributed by atoms with Crippen molar-refractivity contribution in [3.63, 3.8) is 0 Å². The Labute approximate surface area is 187 Å². The summed E-state index contributed by atoms with van der Waals surface area (Å²) in [5.74, 6) is 2.47. The van der Waals surface area contributed by atoms with E-state index in [0.717, 1.165) is 28.5 Å². The van der Waals surface area contributed by atoms with Gasteiger partial charge in [-0.05, 0) is 72.2 Å². The van der Waals surface area contributed by atoms with Crippen LogP contribution in [0.4, 0.5) is 11.4 Å². The molecule has 0 amide bonds. The Morgan fingerprint density at radius 1 is 0.774 bits per heavy atom. The van der Waals surface area contributed by atoms with E-state index in [4.69, 9.17) is 9.73 Å². The van der Waals surface area contributed by atoms with Crippen LogP contribution < -0.4 is 10.1 Å². The van der Waals surface area contributed by atoms with Crippen LogP contribution in [0.2, 0.25) is 0 Å². The molecule has 0 spiro atoms. The molecule has 3 nitrogen and oxygen atoms in total. The van der Waals surface area contributed by atoms with Crippen LogP contribution in [-0.2, 0) is 0 Å². The van der Waals surface area contributed by atoms with Crippen LogP contribution in [-0.4, -0.2) is 12.9 Å². The summed E-state index contributed by atoms with van der Waals surface area (Å²) in [6.07, 6.45) is 0. The second kappa shape index (κ2) is 9.82. The summed E-state index contributed by atoms with van der Waals surface area (Å²) >= 11 is 0. The highest BCUT2D eigenvalue weighted by molar-refractivity contribution is 6.10. The largest absolute Gasteiger partial charge is 0.497 e. The molecule has 0 aliphatic rings. The van der Waals surface area contributed by atoms with Crippen molar-refractivity contribution < 1.29 is 4.74 Å². The molecule has 0 aromatic heterocycles. The van der Waals surface area contributed by atoms with Gasteiger partial charge in [0.25, 0.3) is 0 Å². The minimum atomic E-state index is 0.389. The number of anilines is 1. The molecular weight excluding hydrogens is 380 g/mol. The predicted molar refractivity (Wildman–Crippen MR) is 133 cm³/mol. The molecule has 3 rings (SSSR count). The van der Waals surface area contributed by atoms with Crippen molar-refractivity contribution in [1.82, 2.24) is 0 Å². The number of hydrogen-bond donors (Lipinski definition) is 1. The van der Waals surface area contributed by atoms with Gasteiger partial charge in [-0.3, -0.25) is 0 Å². The minimum Gasteiger partial charge on any atom is -0.497 e. The lowest BCUT2D eigenvalue weighted by molar-refractivity contribution is 0.415. The first-order chi connectivity index (χ1) is 14.8. The summed E-state index contributed by atoms with van der Waals surface area (Å²) in [6, 6.07) is 21.0. The Balaban J connectivity index is 2.19. The number of nitrogens with one attached hydrogen (secondary N) is 1. The zero-order chi connectivity index (χ0) is 22.5. The number of aryl methyl sites for hydroxylation is 2. The highest BCUT2D eigenvalue weighted by Crippen LogP contribution is 2.32. The van der Waals surface area contributed by atoms with Gasteiger partial charge < -0.3 is 10.1 Å². The molecule has 0 radical (unpaired) electrons. The molecule has 3 heteroatoms. The maximum Gasteiger partial charge on any atom is 0.138 e. The molecule has 0 bridgehead atoms. The van der Waals surface area contributed by atoms with Gasteiger partial charge in [0.1, 0.15) is 11.6 Å². The van der Waals surface area contributed by atoms with Gasteiger partial charge in [-0.1, -0.05) is 64.1 Å². The SMILES string of the molecule is COc1ccc(C(=Nc2c(C)cccc2C(C)C)Nc2c(C)cccc2C(C)C)cc1. The maximum atomic E-state index is 5.36. The smallest absolute Gasteiger partial charge is 0.138 e. The summed E-state index contributed by atoms with van der Waals surface area (Å²) < 4.78 is 5.36. The topological polar surface area (TPSA) is 33.6 Å². The molecule has 0 saturated heterocycles. The predicted octanol–water partition coefficient (Wildman–Crippen LogP) is 7.75. The number of nitrogens with zero attached hydrogens (tertiary/aromatic N) is 1. The second-order valence-corrected chi connectivity index (χ2v) is 8.68. The van der Waals surface area contributed by atoms with Crippen LogP contribution in [0.15, 0.2) is 65.7 Å².